The zero-order valence-corrected chi connectivity index (χ0v) is 16.7. The molecule has 10 heteroatoms. The van der Waals surface area contributed by atoms with Gasteiger partial charge in [0.1, 0.15) is 11.5 Å². The number of ether oxygens (including phenoxy) is 1. The number of hydrogen-bond donors (Lipinski definition) is 1. The number of H-pyrrole nitrogens is 1. The van der Waals surface area contributed by atoms with Crippen LogP contribution in [0.2, 0.25) is 0 Å². The first-order chi connectivity index (χ1) is 14.4. The van der Waals surface area contributed by atoms with Gasteiger partial charge in [0, 0.05) is 49.4 Å². The Morgan fingerprint density at radius 1 is 1.17 bits per heavy atom. The van der Waals surface area contributed by atoms with Crippen molar-refractivity contribution < 1.29 is 18.3 Å². The molecule has 1 saturated heterocycles. The molecule has 0 radical (unpaired) electrons. The number of halogens is 2. The lowest BCUT2D eigenvalue weighted by Crippen LogP contribution is -2.50. The largest absolute Gasteiger partial charge is 0.475 e. The summed E-state index contributed by atoms with van der Waals surface area (Å²) in [6.45, 7) is 5.22. The summed E-state index contributed by atoms with van der Waals surface area (Å²) < 4.78 is 30.9. The SMILES string of the molecule is CC(C)Oc1cc2c(-c3ccnc(N4CCN(C(=O)C(F)F)CC4)c3)n[nH]c2cn1. The van der Waals surface area contributed by atoms with Crippen LogP contribution in [0, 0.1) is 0 Å². The Bertz CT molecular complexity index is 1050. The van der Waals surface area contributed by atoms with Crippen molar-refractivity contribution in [3.8, 4) is 17.1 Å². The van der Waals surface area contributed by atoms with Crippen molar-refractivity contribution in [1.82, 2.24) is 25.1 Å². The second-order valence-corrected chi connectivity index (χ2v) is 7.32. The average molecular weight is 416 g/mol. The second-order valence-electron chi connectivity index (χ2n) is 7.32. The van der Waals surface area contributed by atoms with Gasteiger partial charge in [0.15, 0.2) is 0 Å². The predicted octanol–water partition coefficient (Wildman–Crippen LogP) is 2.72. The van der Waals surface area contributed by atoms with Gasteiger partial charge in [0.25, 0.3) is 5.91 Å². The third-order valence-electron chi connectivity index (χ3n) is 4.90. The average Bonchev–Trinajstić information content (AvgIpc) is 3.16. The quantitative estimate of drug-likeness (QED) is 0.688. The maximum Gasteiger partial charge on any atom is 0.315 e. The molecule has 30 heavy (non-hydrogen) atoms. The summed E-state index contributed by atoms with van der Waals surface area (Å²) >= 11 is 0. The molecule has 1 N–H and O–H groups in total. The van der Waals surface area contributed by atoms with Crippen LogP contribution in [0.15, 0.2) is 30.6 Å². The number of carbonyl (C=O) groups excluding carboxylic acids is 1. The van der Waals surface area contributed by atoms with Crippen molar-refractivity contribution in [2.45, 2.75) is 26.4 Å². The molecule has 8 nitrogen and oxygen atoms in total. The molecule has 3 aromatic heterocycles. The predicted molar refractivity (Wildman–Crippen MR) is 108 cm³/mol. The number of pyridine rings is 2. The number of anilines is 1. The second kappa shape index (κ2) is 8.21. The zero-order valence-electron chi connectivity index (χ0n) is 16.7. The number of fused-ring (bicyclic) bond motifs is 1. The maximum atomic E-state index is 12.6. The summed E-state index contributed by atoms with van der Waals surface area (Å²) in [5.41, 5.74) is 2.40. The highest BCUT2D eigenvalue weighted by Gasteiger charge is 2.27. The molecule has 4 rings (SSSR count). The highest BCUT2D eigenvalue weighted by Crippen LogP contribution is 2.30. The molecule has 0 bridgehead atoms. The summed E-state index contributed by atoms with van der Waals surface area (Å²) in [5, 5.41) is 8.28. The molecule has 0 unspecified atom stereocenters. The number of rotatable bonds is 5. The van der Waals surface area contributed by atoms with E-state index in [0.717, 1.165) is 22.2 Å². The Labute approximate surface area is 171 Å². The molecule has 1 aliphatic rings. The molecule has 1 amide bonds. The lowest BCUT2D eigenvalue weighted by Gasteiger charge is -2.35. The van der Waals surface area contributed by atoms with Crippen LogP contribution in [0.3, 0.4) is 0 Å². The molecule has 3 aromatic rings. The monoisotopic (exact) mass is 416 g/mol. The summed E-state index contributed by atoms with van der Waals surface area (Å²) in [4.78, 5) is 23.3. The standard InChI is InChI=1S/C20H22F2N6O2/c1-12(2)30-17-10-14-15(11-24-17)25-26-18(14)13-3-4-23-16(9-13)27-5-7-28(8-6-27)20(29)19(21)22/h3-4,9-12,19H,5-8H2,1-2H3,(H,25,26). The van der Waals surface area contributed by atoms with E-state index in [4.69, 9.17) is 4.74 Å². The van der Waals surface area contributed by atoms with E-state index in [0.29, 0.717) is 24.8 Å². The Morgan fingerprint density at radius 2 is 1.93 bits per heavy atom. The van der Waals surface area contributed by atoms with Crippen molar-refractivity contribution in [3.05, 3.63) is 30.6 Å². The summed E-state index contributed by atoms with van der Waals surface area (Å²) in [6.07, 6.45) is 0.415. The fourth-order valence-electron chi connectivity index (χ4n) is 3.46. The highest BCUT2D eigenvalue weighted by molar-refractivity contribution is 5.93. The number of aromatic nitrogens is 4. The molecular formula is C20H22F2N6O2. The first-order valence-electron chi connectivity index (χ1n) is 9.71. The number of nitrogens with one attached hydrogen (secondary N) is 1. The molecule has 4 heterocycles. The van der Waals surface area contributed by atoms with Crippen LogP contribution < -0.4 is 9.64 Å². The first-order valence-corrected chi connectivity index (χ1v) is 9.71. The van der Waals surface area contributed by atoms with Gasteiger partial charge in [0.2, 0.25) is 5.88 Å². The molecule has 0 aliphatic carbocycles. The van der Waals surface area contributed by atoms with Gasteiger partial charge in [-0.05, 0) is 26.0 Å². The Balaban J connectivity index is 1.56. The third kappa shape index (κ3) is 4.03. The number of amides is 1. The van der Waals surface area contributed by atoms with Gasteiger partial charge in [-0.15, -0.1) is 0 Å². The Hall–Kier alpha value is -3.30. The maximum absolute atomic E-state index is 12.6. The number of carbonyl (C=O) groups is 1. The van der Waals surface area contributed by atoms with E-state index in [1.54, 1.807) is 12.4 Å². The molecule has 158 valence electrons. The number of nitrogens with zero attached hydrogens (tertiary/aromatic N) is 5. The minimum Gasteiger partial charge on any atom is -0.475 e. The van der Waals surface area contributed by atoms with Gasteiger partial charge in [-0.1, -0.05) is 0 Å². The van der Waals surface area contributed by atoms with Crippen LogP contribution in [0.1, 0.15) is 13.8 Å². The van der Waals surface area contributed by atoms with Gasteiger partial charge in [0.05, 0.1) is 17.8 Å². The van der Waals surface area contributed by atoms with Gasteiger partial charge < -0.3 is 14.5 Å². The topological polar surface area (TPSA) is 87.2 Å². The summed E-state index contributed by atoms with van der Waals surface area (Å²) in [7, 11) is 0. The number of aromatic amines is 1. The van der Waals surface area contributed by atoms with E-state index in [9.17, 15) is 13.6 Å². The molecule has 0 saturated carbocycles. The molecule has 0 aromatic carbocycles. The van der Waals surface area contributed by atoms with Crippen molar-refractivity contribution in [3.63, 3.8) is 0 Å². The lowest BCUT2D eigenvalue weighted by molar-refractivity contribution is -0.143. The van der Waals surface area contributed by atoms with Gasteiger partial charge in [-0.3, -0.25) is 9.89 Å². The number of alkyl halides is 2. The smallest absolute Gasteiger partial charge is 0.315 e. The van der Waals surface area contributed by atoms with E-state index in [-0.39, 0.29) is 19.2 Å². The minimum atomic E-state index is -2.97. The fourth-order valence-corrected chi connectivity index (χ4v) is 3.46. The third-order valence-corrected chi connectivity index (χ3v) is 4.90. The fraction of sp³-hybridized carbons (Fsp3) is 0.400. The minimum absolute atomic E-state index is 0.00782. The Morgan fingerprint density at radius 3 is 2.63 bits per heavy atom. The van der Waals surface area contributed by atoms with Crippen LogP contribution in [-0.4, -0.2) is 69.7 Å². The molecule has 1 aliphatic heterocycles. The summed E-state index contributed by atoms with van der Waals surface area (Å²) in [6, 6.07) is 5.62. The van der Waals surface area contributed by atoms with E-state index in [1.165, 1.54) is 4.90 Å². The van der Waals surface area contributed by atoms with E-state index < -0.39 is 12.3 Å². The lowest BCUT2D eigenvalue weighted by atomic mass is 10.1. The van der Waals surface area contributed by atoms with Crippen molar-refractivity contribution in [2.24, 2.45) is 0 Å². The number of piperazine rings is 1. The molecular weight excluding hydrogens is 394 g/mol. The van der Waals surface area contributed by atoms with E-state index in [2.05, 4.69) is 20.2 Å². The van der Waals surface area contributed by atoms with Crippen LogP contribution >= 0.6 is 0 Å². The van der Waals surface area contributed by atoms with Crippen LogP contribution in [0.4, 0.5) is 14.6 Å². The Kier molecular flexibility index (Phi) is 5.47. The van der Waals surface area contributed by atoms with Crippen LogP contribution in [0.5, 0.6) is 5.88 Å². The first kappa shape index (κ1) is 20.0. The van der Waals surface area contributed by atoms with Crippen LogP contribution in [-0.2, 0) is 4.79 Å². The van der Waals surface area contributed by atoms with Crippen LogP contribution in [0.25, 0.3) is 22.2 Å². The van der Waals surface area contributed by atoms with Crippen molar-refractivity contribution in [1.29, 1.82) is 0 Å². The van der Waals surface area contributed by atoms with E-state index >= 15 is 0 Å². The van der Waals surface area contributed by atoms with Crippen molar-refractivity contribution >= 4 is 22.6 Å². The van der Waals surface area contributed by atoms with Gasteiger partial charge >= 0.3 is 6.43 Å². The van der Waals surface area contributed by atoms with E-state index in [1.807, 2.05) is 36.9 Å². The van der Waals surface area contributed by atoms with Gasteiger partial charge in [-0.25, -0.2) is 9.97 Å². The molecule has 1 fully saturated rings. The molecule has 0 atom stereocenters. The summed E-state index contributed by atoms with van der Waals surface area (Å²) in [5.74, 6) is 0.113. The van der Waals surface area contributed by atoms with Crippen molar-refractivity contribution in [2.75, 3.05) is 31.1 Å². The zero-order chi connectivity index (χ0) is 21.3. The number of hydrogen-bond acceptors (Lipinski definition) is 6. The molecule has 0 spiro atoms. The van der Waals surface area contributed by atoms with Gasteiger partial charge in [-0.2, -0.15) is 13.9 Å². The normalized spacial score (nSPS) is 14.7. The highest BCUT2D eigenvalue weighted by atomic mass is 19.3.